The van der Waals surface area contributed by atoms with E-state index in [4.69, 9.17) is 11.6 Å². The van der Waals surface area contributed by atoms with Gasteiger partial charge in [-0.05, 0) is 42.0 Å². The minimum atomic E-state index is -4.57. The van der Waals surface area contributed by atoms with Gasteiger partial charge in [-0.25, -0.2) is 8.78 Å². The van der Waals surface area contributed by atoms with Crippen LogP contribution in [0.15, 0.2) is 36.4 Å². The summed E-state index contributed by atoms with van der Waals surface area (Å²) in [4.78, 5) is 0. The van der Waals surface area contributed by atoms with E-state index in [0.717, 1.165) is 18.2 Å². The van der Waals surface area contributed by atoms with E-state index < -0.39 is 23.4 Å². The molecule has 21 heavy (non-hydrogen) atoms. The molecule has 0 aliphatic rings. The number of benzene rings is 2. The maximum atomic E-state index is 13.5. The topological polar surface area (TPSA) is 12.0 Å². The third kappa shape index (κ3) is 3.85. The third-order valence-electron chi connectivity index (χ3n) is 2.77. The Morgan fingerprint density at radius 1 is 1.00 bits per heavy atom. The predicted molar refractivity (Wildman–Crippen MR) is 70.1 cm³/mol. The molecule has 0 spiro atoms. The molecule has 0 bridgehead atoms. The number of rotatable bonds is 3. The predicted octanol–water partition coefficient (Wildman–Crippen LogP) is 5.25. The van der Waals surface area contributed by atoms with E-state index in [0.29, 0.717) is 17.7 Å². The smallest absolute Gasteiger partial charge is 0.379 e. The highest BCUT2D eigenvalue weighted by Crippen LogP contribution is 2.32. The number of halogens is 6. The van der Waals surface area contributed by atoms with Gasteiger partial charge in [0, 0.05) is 11.6 Å². The molecule has 0 unspecified atom stereocenters. The molecule has 1 N–H and O–H groups in total. The molecule has 1 nitrogen and oxygen atoms in total. The Morgan fingerprint density at radius 2 is 1.71 bits per heavy atom. The maximum absolute atomic E-state index is 13.5. The highest BCUT2D eigenvalue weighted by Gasteiger charge is 2.31. The molecule has 2 aromatic rings. The summed E-state index contributed by atoms with van der Waals surface area (Å²) in [5.74, 6) is -1.38. The number of anilines is 1. The van der Waals surface area contributed by atoms with E-state index in [-0.39, 0.29) is 17.3 Å². The molecule has 0 aliphatic heterocycles. The van der Waals surface area contributed by atoms with Crippen LogP contribution < -0.4 is 5.32 Å². The molecular formula is C14H9ClF5N. The van der Waals surface area contributed by atoms with Crippen LogP contribution in [-0.2, 0) is 12.7 Å². The quantitative estimate of drug-likeness (QED) is 0.761. The van der Waals surface area contributed by atoms with Crippen LogP contribution in [0.3, 0.4) is 0 Å². The van der Waals surface area contributed by atoms with Crippen LogP contribution in [0, 0.1) is 11.6 Å². The van der Waals surface area contributed by atoms with Gasteiger partial charge in [-0.2, -0.15) is 13.2 Å². The molecule has 0 radical (unpaired) electrons. The van der Waals surface area contributed by atoms with Crippen molar-refractivity contribution in [2.75, 3.05) is 5.32 Å². The second-order valence-corrected chi connectivity index (χ2v) is 4.69. The Balaban J connectivity index is 2.22. The number of hydrogen-bond acceptors (Lipinski definition) is 1. The van der Waals surface area contributed by atoms with E-state index in [2.05, 4.69) is 5.32 Å². The maximum Gasteiger partial charge on any atom is 0.416 e. The lowest BCUT2D eigenvalue weighted by molar-refractivity contribution is -0.137. The van der Waals surface area contributed by atoms with E-state index in [1.165, 1.54) is 6.07 Å². The largest absolute Gasteiger partial charge is 0.416 e. The van der Waals surface area contributed by atoms with Gasteiger partial charge in [-0.3, -0.25) is 0 Å². The Labute approximate surface area is 122 Å². The fraction of sp³-hybridized carbons (Fsp3) is 0.143. The minimum absolute atomic E-state index is 0.102. The van der Waals surface area contributed by atoms with Crippen LogP contribution in [0.25, 0.3) is 0 Å². The summed E-state index contributed by atoms with van der Waals surface area (Å²) in [6.45, 7) is -0.102. The molecule has 0 aromatic heterocycles. The minimum Gasteiger partial charge on any atom is -0.379 e. The molecule has 0 fully saturated rings. The van der Waals surface area contributed by atoms with E-state index in [9.17, 15) is 22.0 Å². The number of nitrogens with one attached hydrogen (secondary N) is 1. The number of hydrogen-bond donors (Lipinski definition) is 1. The van der Waals surface area contributed by atoms with Gasteiger partial charge in [0.15, 0.2) is 0 Å². The van der Waals surface area contributed by atoms with Crippen LogP contribution in [0.2, 0.25) is 5.02 Å². The fourth-order valence-corrected chi connectivity index (χ4v) is 1.89. The Morgan fingerprint density at radius 3 is 2.38 bits per heavy atom. The number of alkyl halides is 3. The Bertz CT molecular complexity index is 654. The van der Waals surface area contributed by atoms with Crippen LogP contribution in [0.5, 0.6) is 0 Å². The normalized spacial score (nSPS) is 11.5. The van der Waals surface area contributed by atoms with Crippen LogP contribution in [-0.4, -0.2) is 0 Å². The van der Waals surface area contributed by atoms with E-state index in [1.807, 2.05) is 0 Å². The first-order chi connectivity index (χ1) is 9.77. The third-order valence-corrected chi connectivity index (χ3v) is 3.14. The van der Waals surface area contributed by atoms with Crippen molar-refractivity contribution in [2.24, 2.45) is 0 Å². The molecule has 0 heterocycles. The van der Waals surface area contributed by atoms with Crippen molar-refractivity contribution in [3.05, 3.63) is 64.2 Å². The Kier molecular flexibility index (Phi) is 4.37. The SMILES string of the molecule is Fc1ccc(Cl)c(CNc2cc(C(F)(F)F)ccc2F)c1. The van der Waals surface area contributed by atoms with Gasteiger partial charge in [-0.1, -0.05) is 11.6 Å². The van der Waals surface area contributed by atoms with Gasteiger partial charge in [-0.15, -0.1) is 0 Å². The summed E-state index contributed by atoms with van der Waals surface area (Å²) in [6, 6.07) is 5.62. The van der Waals surface area contributed by atoms with Gasteiger partial charge >= 0.3 is 6.18 Å². The summed E-state index contributed by atoms with van der Waals surface area (Å²) < 4.78 is 64.2. The lowest BCUT2D eigenvalue weighted by atomic mass is 10.1. The highest BCUT2D eigenvalue weighted by atomic mass is 35.5. The average Bonchev–Trinajstić information content (AvgIpc) is 2.40. The van der Waals surface area contributed by atoms with Crippen molar-refractivity contribution in [3.8, 4) is 0 Å². The molecule has 2 rings (SSSR count). The Hall–Kier alpha value is -1.82. The second kappa shape index (κ2) is 5.89. The lowest BCUT2D eigenvalue weighted by Gasteiger charge is -2.12. The van der Waals surface area contributed by atoms with Crippen molar-refractivity contribution in [1.29, 1.82) is 0 Å². The summed E-state index contributed by atoms with van der Waals surface area (Å²) >= 11 is 5.83. The van der Waals surface area contributed by atoms with Gasteiger partial charge in [0.2, 0.25) is 0 Å². The fourth-order valence-electron chi connectivity index (χ4n) is 1.71. The average molecular weight is 322 g/mol. The zero-order valence-corrected chi connectivity index (χ0v) is 11.2. The van der Waals surface area contributed by atoms with Gasteiger partial charge in [0.25, 0.3) is 0 Å². The van der Waals surface area contributed by atoms with Gasteiger partial charge in [0.05, 0.1) is 11.3 Å². The molecule has 0 saturated carbocycles. The molecular weight excluding hydrogens is 313 g/mol. The monoisotopic (exact) mass is 321 g/mol. The molecule has 112 valence electrons. The van der Waals surface area contributed by atoms with Gasteiger partial charge in [0.1, 0.15) is 11.6 Å². The molecule has 2 aromatic carbocycles. The summed E-state index contributed by atoms with van der Waals surface area (Å²) in [5.41, 5.74) is -0.990. The molecule has 0 atom stereocenters. The second-order valence-electron chi connectivity index (χ2n) is 4.28. The van der Waals surface area contributed by atoms with Gasteiger partial charge < -0.3 is 5.32 Å². The summed E-state index contributed by atoms with van der Waals surface area (Å²) in [5, 5.41) is 2.72. The molecule has 0 aliphatic carbocycles. The zero-order valence-electron chi connectivity index (χ0n) is 10.4. The summed E-state index contributed by atoms with van der Waals surface area (Å²) in [7, 11) is 0. The summed E-state index contributed by atoms with van der Waals surface area (Å²) in [6.07, 6.45) is -4.57. The molecule has 0 amide bonds. The van der Waals surface area contributed by atoms with Crippen LogP contribution in [0.4, 0.5) is 27.6 Å². The van der Waals surface area contributed by atoms with Crippen molar-refractivity contribution in [1.82, 2.24) is 0 Å². The zero-order chi connectivity index (χ0) is 15.6. The van der Waals surface area contributed by atoms with Crippen LogP contribution in [0.1, 0.15) is 11.1 Å². The van der Waals surface area contributed by atoms with Crippen LogP contribution >= 0.6 is 11.6 Å². The first kappa shape index (κ1) is 15.6. The van der Waals surface area contributed by atoms with Crippen molar-refractivity contribution < 1.29 is 22.0 Å². The first-order valence-electron chi connectivity index (χ1n) is 5.82. The van der Waals surface area contributed by atoms with E-state index in [1.54, 1.807) is 0 Å². The highest BCUT2D eigenvalue weighted by molar-refractivity contribution is 6.31. The molecule has 7 heteroatoms. The van der Waals surface area contributed by atoms with Crippen molar-refractivity contribution >= 4 is 17.3 Å². The lowest BCUT2D eigenvalue weighted by Crippen LogP contribution is -2.08. The standard InChI is InChI=1S/C14H9ClF5N/c15-11-3-2-10(16)5-8(11)7-21-13-6-9(14(18,19)20)1-4-12(13)17/h1-6,21H,7H2. The first-order valence-corrected chi connectivity index (χ1v) is 6.20. The van der Waals surface area contributed by atoms with E-state index >= 15 is 0 Å². The molecule has 0 saturated heterocycles. The van der Waals surface area contributed by atoms with Crippen molar-refractivity contribution in [3.63, 3.8) is 0 Å². The van der Waals surface area contributed by atoms with Crippen molar-refractivity contribution in [2.45, 2.75) is 12.7 Å².